The molecule has 0 atom stereocenters. The highest BCUT2D eigenvalue weighted by molar-refractivity contribution is 5.90. The molecule has 2 N–H and O–H groups in total. The lowest BCUT2D eigenvalue weighted by Gasteiger charge is -2.26. The molecule has 1 aromatic carbocycles. The minimum Gasteiger partial charge on any atom is -0.326 e. The van der Waals surface area contributed by atoms with Gasteiger partial charge in [-0.2, -0.15) is 13.2 Å². The van der Waals surface area contributed by atoms with Crippen LogP contribution in [0.25, 0.3) is 0 Å². The van der Waals surface area contributed by atoms with E-state index in [1.54, 1.807) is 0 Å². The van der Waals surface area contributed by atoms with Gasteiger partial charge in [0.1, 0.15) is 0 Å². The van der Waals surface area contributed by atoms with E-state index >= 15 is 0 Å². The minimum atomic E-state index is -4.40. The van der Waals surface area contributed by atoms with Crippen LogP contribution in [0.15, 0.2) is 24.3 Å². The van der Waals surface area contributed by atoms with Gasteiger partial charge in [-0.25, -0.2) is 0 Å². The van der Waals surface area contributed by atoms with E-state index < -0.39 is 11.7 Å². The molecule has 0 spiro atoms. The van der Waals surface area contributed by atoms with Crippen molar-refractivity contribution in [2.45, 2.75) is 12.6 Å². The van der Waals surface area contributed by atoms with Crippen molar-refractivity contribution in [1.29, 1.82) is 0 Å². The number of carbonyl (C=O) groups excluding carboxylic acids is 1. The largest absolute Gasteiger partial charge is 0.416 e. The quantitative estimate of drug-likeness (QED) is 0.852. The summed E-state index contributed by atoms with van der Waals surface area (Å²) in [5.41, 5.74) is -0.586. The maximum atomic E-state index is 12.6. The minimum absolute atomic E-state index is 0. The third-order valence-corrected chi connectivity index (χ3v) is 3.34. The topological polar surface area (TPSA) is 44.4 Å². The molecule has 0 unspecified atom stereocenters. The molecular weight excluding hydrogens is 354 g/mol. The first-order chi connectivity index (χ1) is 9.95. The van der Waals surface area contributed by atoms with Crippen molar-refractivity contribution in [2.24, 2.45) is 0 Å². The van der Waals surface area contributed by atoms with Crippen LogP contribution in [0.1, 0.15) is 12.0 Å². The molecule has 132 valence electrons. The number of rotatable bonds is 4. The molecule has 0 radical (unpaired) electrons. The van der Waals surface area contributed by atoms with E-state index in [0.29, 0.717) is 6.54 Å². The molecule has 1 aliphatic heterocycles. The normalized spacial score (nSPS) is 15.3. The molecular formula is C14H20Cl2F3N3O. The predicted octanol–water partition coefficient (Wildman–Crippen LogP) is 2.78. The Hall–Kier alpha value is -1.02. The Morgan fingerprint density at radius 1 is 1.22 bits per heavy atom. The standard InChI is InChI=1S/C14H18F3N3O.2ClH/c15-14(16,17)11-2-1-3-12(10-11)19-13(21)4-7-20-8-5-18-6-9-20;;/h1-3,10,18H,4-9H2,(H,19,21);2*1H. The third kappa shape index (κ3) is 7.39. The van der Waals surface area contributed by atoms with Gasteiger partial charge in [-0.1, -0.05) is 6.07 Å². The van der Waals surface area contributed by atoms with Crippen molar-refractivity contribution >= 4 is 36.4 Å². The van der Waals surface area contributed by atoms with Gasteiger partial charge in [0, 0.05) is 44.8 Å². The van der Waals surface area contributed by atoms with Gasteiger partial charge in [-0.15, -0.1) is 24.8 Å². The lowest BCUT2D eigenvalue weighted by atomic mass is 10.2. The van der Waals surface area contributed by atoms with Gasteiger partial charge in [0.25, 0.3) is 0 Å². The highest BCUT2D eigenvalue weighted by Gasteiger charge is 2.30. The van der Waals surface area contributed by atoms with E-state index in [2.05, 4.69) is 15.5 Å². The van der Waals surface area contributed by atoms with Crippen molar-refractivity contribution in [3.63, 3.8) is 0 Å². The Balaban J connectivity index is 0.00000242. The summed E-state index contributed by atoms with van der Waals surface area (Å²) in [4.78, 5) is 13.9. The number of amides is 1. The van der Waals surface area contributed by atoms with Gasteiger partial charge in [0.15, 0.2) is 0 Å². The Labute approximate surface area is 145 Å². The third-order valence-electron chi connectivity index (χ3n) is 3.34. The number of hydrogen-bond donors (Lipinski definition) is 2. The zero-order valence-corrected chi connectivity index (χ0v) is 14.0. The number of anilines is 1. The Morgan fingerprint density at radius 3 is 2.48 bits per heavy atom. The lowest BCUT2D eigenvalue weighted by Crippen LogP contribution is -2.44. The zero-order chi connectivity index (χ0) is 15.3. The molecule has 0 bridgehead atoms. The number of hydrogen-bond acceptors (Lipinski definition) is 3. The Morgan fingerprint density at radius 2 is 1.87 bits per heavy atom. The van der Waals surface area contributed by atoms with Gasteiger partial charge < -0.3 is 15.5 Å². The van der Waals surface area contributed by atoms with Gasteiger partial charge in [-0.05, 0) is 18.2 Å². The van der Waals surface area contributed by atoms with E-state index in [1.165, 1.54) is 12.1 Å². The molecule has 1 aliphatic rings. The SMILES string of the molecule is Cl.Cl.O=C(CCN1CCNCC1)Nc1cccc(C(F)(F)F)c1. The van der Waals surface area contributed by atoms with E-state index in [4.69, 9.17) is 0 Å². The summed E-state index contributed by atoms with van der Waals surface area (Å²) >= 11 is 0. The molecule has 1 saturated heterocycles. The average molecular weight is 374 g/mol. The number of benzene rings is 1. The lowest BCUT2D eigenvalue weighted by molar-refractivity contribution is -0.137. The average Bonchev–Trinajstić information content (AvgIpc) is 2.46. The fourth-order valence-corrected chi connectivity index (χ4v) is 2.19. The molecule has 1 fully saturated rings. The number of piperazine rings is 1. The van der Waals surface area contributed by atoms with Crippen molar-refractivity contribution < 1.29 is 18.0 Å². The summed E-state index contributed by atoms with van der Waals surface area (Å²) in [7, 11) is 0. The van der Waals surface area contributed by atoms with Crippen LogP contribution in [0.5, 0.6) is 0 Å². The fourth-order valence-electron chi connectivity index (χ4n) is 2.19. The van der Waals surface area contributed by atoms with Crippen LogP contribution in [0.3, 0.4) is 0 Å². The first-order valence-electron chi connectivity index (χ1n) is 6.85. The molecule has 9 heteroatoms. The van der Waals surface area contributed by atoms with Crippen LogP contribution in [-0.4, -0.2) is 43.5 Å². The van der Waals surface area contributed by atoms with Crippen molar-refractivity contribution in [3.05, 3.63) is 29.8 Å². The zero-order valence-electron chi connectivity index (χ0n) is 12.4. The predicted molar refractivity (Wildman–Crippen MR) is 88.5 cm³/mol. The molecule has 1 heterocycles. The molecule has 0 aromatic heterocycles. The molecule has 1 amide bonds. The summed E-state index contributed by atoms with van der Waals surface area (Å²) in [6.45, 7) is 4.19. The number of nitrogens with one attached hydrogen (secondary N) is 2. The van der Waals surface area contributed by atoms with Crippen LogP contribution in [0.4, 0.5) is 18.9 Å². The molecule has 0 saturated carbocycles. The highest BCUT2D eigenvalue weighted by Crippen LogP contribution is 2.30. The van der Waals surface area contributed by atoms with Crippen LogP contribution >= 0.6 is 24.8 Å². The van der Waals surface area contributed by atoms with Gasteiger partial charge in [-0.3, -0.25) is 4.79 Å². The van der Waals surface area contributed by atoms with E-state index in [-0.39, 0.29) is 42.8 Å². The monoisotopic (exact) mass is 373 g/mol. The van der Waals surface area contributed by atoms with Crippen molar-refractivity contribution in [2.75, 3.05) is 38.0 Å². The second-order valence-corrected chi connectivity index (χ2v) is 4.97. The first-order valence-corrected chi connectivity index (χ1v) is 6.85. The fraction of sp³-hybridized carbons (Fsp3) is 0.500. The van der Waals surface area contributed by atoms with Gasteiger partial charge in [0.2, 0.25) is 5.91 Å². The van der Waals surface area contributed by atoms with E-state index in [1.807, 2.05) is 0 Å². The van der Waals surface area contributed by atoms with Crippen LogP contribution in [0.2, 0.25) is 0 Å². The second-order valence-electron chi connectivity index (χ2n) is 4.97. The maximum absolute atomic E-state index is 12.6. The van der Waals surface area contributed by atoms with E-state index in [9.17, 15) is 18.0 Å². The van der Waals surface area contributed by atoms with Gasteiger partial charge >= 0.3 is 6.18 Å². The van der Waals surface area contributed by atoms with Gasteiger partial charge in [0.05, 0.1) is 5.56 Å². The maximum Gasteiger partial charge on any atom is 0.416 e. The Bertz CT molecular complexity index is 494. The number of halogens is 5. The summed E-state index contributed by atoms with van der Waals surface area (Å²) in [6.07, 6.45) is -4.13. The first kappa shape index (κ1) is 22.0. The van der Waals surface area contributed by atoms with Crippen LogP contribution < -0.4 is 10.6 Å². The number of alkyl halides is 3. The summed E-state index contributed by atoms with van der Waals surface area (Å²) < 4.78 is 37.7. The van der Waals surface area contributed by atoms with E-state index in [0.717, 1.165) is 38.3 Å². The van der Waals surface area contributed by atoms with Crippen LogP contribution in [0, 0.1) is 0 Å². The van der Waals surface area contributed by atoms with Crippen LogP contribution in [-0.2, 0) is 11.0 Å². The van der Waals surface area contributed by atoms with Crippen molar-refractivity contribution in [1.82, 2.24) is 10.2 Å². The summed E-state index contributed by atoms with van der Waals surface area (Å²) in [6, 6.07) is 4.67. The second kappa shape index (κ2) is 9.97. The number of carbonyl (C=O) groups is 1. The Kier molecular flexibility index (Phi) is 9.53. The molecule has 2 rings (SSSR count). The van der Waals surface area contributed by atoms with Crippen molar-refractivity contribution in [3.8, 4) is 0 Å². The summed E-state index contributed by atoms with van der Waals surface area (Å²) in [5.74, 6) is -0.271. The molecule has 23 heavy (non-hydrogen) atoms. The number of nitrogens with zero attached hydrogens (tertiary/aromatic N) is 1. The molecule has 1 aromatic rings. The molecule has 4 nitrogen and oxygen atoms in total. The summed E-state index contributed by atoms with van der Waals surface area (Å²) in [5, 5.41) is 5.73. The smallest absolute Gasteiger partial charge is 0.326 e. The highest BCUT2D eigenvalue weighted by atomic mass is 35.5. The molecule has 0 aliphatic carbocycles.